The van der Waals surface area contributed by atoms with E-state index in [9.17, 15) is 13.2 Å². The Bertz CT molecular complexity index is 1050. The first kappa shape index (κ1) is 18.1. The molecule has 0 spiro atoms. The fourth-order valence-corrected chi connectivity index (χ4v) is 5.10. The summed E-state index contributed by atoms with van der Waals surface area (Å²) in [5.41, 5.74) is 2.83. The number of rotatable bonds is 4. The number of aryl methyl sites for hydroxylation is 1. The molecule has 0 aliphatic carbocycles. The van der Waals surface area contributed by atoms with Gasteiger partial charge in [-0.15, -0.1) is 0 Å². The van der Waals surface area contributed by atoms with Crippen molar-refractivity contribution in [2.75, 3.05) is 23.3 Å². The van der Waals surface area contributed by atoms with E-state index in [0.29, 0.717) is 17.3 Å². The lowest BCUT2D eigenvalue weighted by molar-refractivity contribution is -0.119. The second kappa shape index (κ2) is 6.42. The van der Waals surface area contributed by atoms with Gasteiger partial charge in [0.15, 0.2) is 0 Å². The van der Waals surface area contributed by atoms with Gasteiger partial charge in [-0.05, 0) is 61.2 Å². The fraction of sp³-hybridized carbons (Fsp3) is 0.316. The molecule has 2 aromatic rings. The fourth-order valence-electron chi connectivity index (χ4n) is 3.78. The van der Waals surface area contributed by atoms with Gasteiger partial charge in [0.1, 0.15) is 5.75 Å². The number of benzene rings is 2. The first-order chi connectivity index (χ1) is 12.8. The monoisotopic (exact) mass is 406 g/mol. The second-order valence-corrected chi connectivity index (χ2v) is 8.90. The molecule has 142 valence electrons. The molecule has 0 aromatic heterocycles. The topological polar surface area (TPSA) is 75.7 Å². The highest BCUT2D eigenvalue weighted by Crippen LogP contribution is 2.44. The zero-order valence-electron chi connectivity index (χ0n) is 15.0. The lowest BCUT2D eigenvalue weighted by Crippen LogP contribution is -2.32. The van der Waals surface area contributed by atoms with Gasteiger partial charge in [0.25, 0.3) is 10.0 Å². The summed E-state index contributed by atoms with van der Waals surface area (Å²) in [6.07, 6.45) is 1.58. The SMILES string of the molecule is COc1ccc(Cl)cc1NS(=O)(=O)c1cc2c3c(c1)[C@@H](C)C(=O)N3CCC2. The molecule has 6 nitrogen and oxygen atoms in total. The van der Waals surface area contributed by atoms with Crippen LogP contribution in [0.4, 0.5) is 11.4 Å². The number of halogens is 1. The summed E-state index contributed by atoms with van der Waals surface area (Å²) in [4.78, 5) is 14.4. The van der Waals surface area contributed by atoms with Gasteiger partial charge < -0.3 is 9.64 Å². The molecule has 2 heterocycles. The maximum Gasteiger partial charge on any atom is 0.262 e. The van der Waals surface area contributed by atoms with Crippen LogP contribution >= 0.6 is 11.6 Å². The van der Waals surface area contributed by atoms with Crippen LogP contribution in [0.15, 0.2) is 35.2 Å². The third kappa shape index (κ3) is 2.95. The molecule has 0 bridgehead atoms. The minimum absolute atomic E-state index is 0.0324. The van der Waals surface area contributed by atoms with E-state index in [1.54, 1.807) is 29.2 Å². The van der Waals surface area contributed by atoms with Crippen molar-refractivity contribution in [3.05, 3.63) is 46.5 Å². The molecule has 8 heteroatoms. The highest BCUT2D eigenvalue weighted by molar-refractivity contribution is 7.92. The minimum Gasteiger partial charge on any atom is -0.495 e. The standard InChI is InChI=1S/C19H19ClN2O4S/c1-11-15-10-14(8-12-4-3-7-22(18(12)15)19(11)23)27(24,25)21-16-9-13(20)5-6-17(16)26-2/h5-6,8-11,21H,3-4,7H2,1-2H3/t11-/m1/s1. The molecule has 0 radical (unpaired) electrons. The highest BCUT2D eigenvalue weighted by Gasteiger charge is 2.38. The lowest BCUT2D eigenvalue weighted by Gasteiger charge is -2.26. The minimum atomic E-state index is -3.87. The number of carbonyl (C=O) groups is 1. The lowest BCUT2D eigenvalue weighted by atomic mass is 9.97. The van der Waals surface area contributed by atoms with Crippen molar-refractivity contribution in [2.45, 2.75) is 30.6 Å². The predicted octanol–water partition coefficient (Wildman–Crippen LogP) is 3.55. The van der Waals surface area contributed by atoms with Crippen LogP contribution in [0.25, 0.3) is 0 Å². The normalized spacial score (nSPS) is 18.4. The number of hydrogen-bond donors (Lipinski definition) is 1. The molecule has 1 amide bonds. The summed E-state index contributed by atoms with van der Waals surface area (Å²) >= 11 is 6.00. The van der Waals surface area contributed by atoms with E-state index in [4.69, 9.17) is 16.3 Å². The van der Waals surface area contributed by atoms with E-state index in [1.807, 2.05) is 6.92 Å². The van der Waals surface area contributed by atoms with Crippen LogP contribution in [-0.2, 0) is 21.2 Å². The largest absolute Gasteiger partial charge is 0.495 e. The number of nitrogens with one attached hydrogen (secondary N) is 1. The van der Waals surface area contributed by atoms with Gasteiger partial charge in [0.05, 0.1) is 29.3 Å². The van der Waals surface area contributed by atoms with Gasteiger partial charge in [-0.25, -0.2) is 8.42 Å². The Morgan fingerprint density at radius 2 is 2.04 bits per heavy atom. The van der Waals surface area contributed by atoms with E-state index in [2.05, 4.69) is 4.72 Å². The smallest absolute Gasteiger partial charge is 0.262 e. The number of sulfonamides is 1. The maximum absolute atomic E-state index is 13.0. The second-order valence-electron chi connectivity index (χ2n) is 6.79. The van der Waals surface area contributed by atoms with E-state index >= 15 is 0 Å². The van der Waals surface area contributed by atoms with E-state index < -0.39 is 10.0 Å². The predicted molar refractivity (Wildman–Crippen MR) is 104 cm³/mol. The number of nitrogens with zero attached hydrogens (tertiary/aromatic N) is 1. The molecule has 1 N–H and O–H groups in total. The Kier molecular flexibility index (Phi) is 4.31. The Balaban J connectivity index is 1.78. The first-order valence-corrected chi connectivity index (χ1v) is 10.5. The zero-order valence-corrected chi connectivity index (χ0v) is 16.5. The molecule has 2 aliphatic heterocycles. The van der Waals surface area contributed by atoms with E-state index in [1.165, 1.54) is 13.2 Å². The summed E-state index contributed by atoms with van der Waals surface area (Å²) in [5, 5.41) is 0.396. The van der Waals surface area contributed by atoms with Crippen LogP contribution in [0.3, 0.4) is 0 Å². The van der Waals surface area contributed by atoms with Crippen molar-refractivity contribution < 1.29 is 17.9 Å². The maximum atomic E-state index is 13.0. The molecule has 0 unspecified atom stereocenters. The van der Waals surface area contributed by atoms with Crippen LogP contribution in [0.2, 0.25) is 5.02 Å². The molecule has 0 saturated carbocycles. The number of methoxy groups -OCH3 is 1. The molecular weight excluding hydrogens is 388 g/mol. The van der Waals surface area contributed by atoms with Gasteiger partial charge >= 0.3 is 0 Å². The van der Waals surface area contributed by atoms with Gasteiger partial charge in [0, 0.05) is 11.6 Å². The van der Waals surface area contributed by atoms with Crippen LogP contribution in [-0.4, -0.2) is 28.0 Å². The summed E-state index contributed by atoms with van der Waals surface area (Å²) in [7, 11) is -2.41. The summed E-state index contributed by atoms with van der Waals surface area (Å²) in [6, 6.07) is 8.00. The third-order valence-corrected chi connectivity index (χ3v) is 6.69. The van der Waals surface area contributed by atoms with Crippen molar-refractivity contribution in [3.8, 4) is 5.75 Å². The molecule has 0 saturated heterocycles. The molecular formula is C19H19ClN2O4S. The molecule has 4 rings (SSSR count). The molecule has 1 atom stereocenters. The number of ether oxygens (including phenoxy) is 1. The average molecular weight is 407 g/mol. The third-order valence-electron chi connectivity index (χ3n) is 5.11. The Labute approximate surface area is 163 Å². The molecule has 2 aliphatic rings. The van der Waals surface area contributed by atoms with Crippen molar-refractivity contribution in [1.29, 1.82) is 0 Å². The van der Waals surface area contributed by atoms with Crippen molar-refractivity contribution in [1.82, 2.24) is 0 Å². The number of amides is 1. The van der Waals surface area contributed by atoms with E-state index in [0.717, 1.165) is 29.7 Å². The first-order valence-electron chi connectivity index (χ1n) is 8.66. The van der Waals surface area contributed by atoms with Crippen LogP contribution < -0.4 is 14.4 Å². The van der Waals surface area contributed by atoms with Crippen molar-refractivity contribution in [2.24, 2.45) is 0 Å². The average Bonchev–Trinajstić information content (AvgIpc) is 2.88. The number of carbonyl (C=O) groups excluding carboxylic acids is 1. The van der Waals surface area contributed by atoms with Crippen LogP contribution in [0.5, 0.6) is 5.75 Å². The van der Waals surface area contributed by atoms with Crippen molar-refractivity contribution >= 4 is 38.9 Å². The molecule has 27 heavy (non-hydrogen) atoms. The Hall–Kier alpha value is -2.25. The number of anilines is 2. The van der Waals surface area contributed by atoms with Crippen LogP contribution in [0, 0.1) is 0 Å². The molecule has 2 aromatic carbocycles. The number of hydrogen-bond acceptors (Lipinski definition) is 4. The molecule has 0 fully saturated rings. The van der Waals surface area contributed by atoms with E-state index in [-0.39, 0.29) is 22.4 Å². The summed E-state index contributed by atoms with van der Waals surface area (Å²) in [5.74, 6) is 0.0675. The highest BCUT2D eigenvalue weighted by atomic mass is 35.5. The van der Waals surface area contributed by atoms with Gasteiger partial charge in [-0.2, -0.15) is 0 Å². The summed E-state index contributed by atoms with van der Waals surface area (Å²) < 4.78 is 33.8. The van der Waals surface area contributed by atoms with Gasteiger partial charge in [0.2, 0.25) is 5.91 Å². The zero-order chi connectivity index (χ0) is 19.3. The van der Waals surface area contributed by atoms with Crippen molar-refractivity contribution in [3.63, 3.8) is 0 Å². The summed E-state index contributed by atoms with van der Waals surface area (Å²) in [6.45, 7) is 2.51. The Morgan fingerprint density at radius 3 is 2.78 bits per heavy atom. The Morgan fingerprint density at radius 1 is 1.26 bits per heavy atom. The van der Waals surface area contributed by atoms with Crippen LogP contribution in [0.1, 0.15) is 30.4 Å². The van der Waals surface area contributed by atoms with Gasteiger partial charge in [-0.3, -0.25) is 9.52 Å². The quantitative estimate of drug-likeness (QED) is 0.842. The van der Waals surface area contributed by atoms with Gasteiger partial charge in [-0.1, -0.05) is 11.6 Å².